The van der Waals surface area contributed by atoms with Gasteiger partial charge in [-0.1, -0.05) is 97.1 Å². The Hall–Kier alpha value is -4.41. The van der Waals surface area contributed by atoms with E-state index in [0.717, 1.165) is 59.0 Å². The van der Waals surface area contributed by atoms with Gasteiger partial charge in [0.1, 0.15) is 11.3 Å². The number of anilines is 2. The zero-order valence-electron chi connectivity index (χ0n) is 27.8. The second kappa shape index (κ2) is 14.6. The third kappa shape index (κ3) is 7.46. The Morgan fingerprint density at radius 2 is 1.67 bits per heavy atom. The number of unbranched alkanes of at least 4 members (excludes halogenated alkanes) is 1. The van der Waals surface area contributed by atoms with Crippen molar-refractivity contribution in [1.82, 2.24) is 9.97 Å². The molecular weight excluding hydrogens is 558 g/mol. The maximum absolute atomic E-state index is 14.4. The zero-order valence-corrected chi connectivity index (χ0v) is 27.8. The monoisotopic (exact) mass is 605 g/mol. The summed E-state index contributed by atoms with van der Waals surface area (Å²) in [6.07, 6.45) is 4.71. The van der Waals surface area contributed by atoms with E-state index in [2.05, 4.69) is 73.9 Å². The lowest BCUT2D eigenvalue weighted by atomic mass is 9.92. The summed E-state index contributed by atoms with van der Waals surface area (Å²) < 4.78 is 0. The first kappa shape index (κ1) is 33.5. The smallest absolute Gasteiger partial charge is 0.315 e. The SMILES string of the molecule is CCCCN(C(=O)Nc1c(C(C)C)cccc1C(C)C)c1c(-c2cccc(C#CC(N)(CC)CC)c2)c2cccnc2[nH]c1=O. The van der Waals surface area contributed by atoms with Gasteiger partial charge in [-0.15, -0.1) is 0 Å². The van der Waals surface area contributed by atoms with Crippen LogP contribution in [-0.2, 0) is 0 Å². The molecule has 0 bridgehead atoms. The van der Waals surface area contributed by atoms with Gasteiger partial charge in [0, 0.05) is 34.9 Å². The fraction of sp³-hybridized carbons (Fsp3) is 0.395. The van der Waals surface area contributed by atoms with Gasteiger partial charge in [0.25, 0.3) is 5.56 Å². The number of pyridine rings is 2. The number of benzene rings is 2. The molecule has 4 N–H and O–H groups in total. The van der Waals surface area contributed by atoms with Gasteiger partial charge >= 0.3 is 6.03 Å². The molecule has 0 atom stereocenters. The molecule has 2 aromatic carbocycles. The van der Waals surface area contributed by atoms with E-state index in [4.69, 9.17) is 5.73 Å². The number of nitrogens with zero attached hydrogens (tertiary/aromatic N) is 2. The Labute approximate surface area is 267 Å². The predicted molar refractivity (Wildman–Crippen MR) is 188 cm³/mol. The summed E-state index contributed by atoms with van der Waals surface area (Å²) in [6.45, 7) is 15.0. The minimum absolute atomic E-state index is 0.199. The zero-order chi connectivity index (χ0) is 32.7. The van der Waals surface area contributed by atoms with Crippen LogP contribution in [0.1, 0.15) is 103 Å². The van der Waals surface area contributed by atoms with E-state index in [1.54, 1.807) is 11.1 Å². The van der Waals surface area contributed by atoms with Gasteiger partial charge < -0.3 is 16.0 Å². The summed E-state index contributed by atoms with van der Waals surface area (Å²) in [5, 5.41) is 3.99. The lowest BCUT2D eigenvalue weighted by Crippen LogP contribution is -2.40. The van der Waals surface area contributed by atoms with Gasteiger partial charge in [0.2, 0.25) is 0 Å². The van der Waals surface area contributed by atoms with Crippen molar-refractivity contribution in [3.63, 3.8) is 0 Å². The fourth-order valence-electron chi connectivity index (χ4n) is 5.54. The van der Waals surface area contributed by atoms with Crippen LogP contribution in [-0.4, -0.2) is 28.1 Å². The predicted octanol–water partition coefficient (Wildman–Crippen LogP) is 8.54. The number of rotatable bonds is 10. The van der Waals surface area contributed by atoms with E-state index >= 15 is 0 Å². The quantitative estimate of drug-likeness (QED) is 0.158. The number of H-pyrrole nitrogens is 1. The molecule has 7 heteroatoms. The number of hydrogen-bond acceptors (Lipinski definition) is 4. The van der Waals surface area contributed by atoms with Crippen LogP contribution in [0.2, 0.25) is 0 Å². The molecule has 2 heterocycles. The van der Waals surface area contributed by atoms with Crippen LogP contribution < -0.4 is 21.5 Å². The van der Waals surface area contributed by atoms with Crippen molar-refractivity contribution < 1.29 is 4.79 Å². The standard InChI is InChI=1S/C38H47N5O2/c1-8-11-23-43(37(45)41-33-29(25(4)5)17-13-18-30(33)26(6)7)34-32(31-19-14-22-40-35(31)42-36(34)44)28-16-12-15-27(24-28)20-21-38(39,9-2)10-3/h12-19,22,24-26H,8-11,23,39H2,1-7H3,(H,41,45)(H,40,42,44). The molecule has 4 aromatic rings. The van der Waals surface area contributed by atoms with E-state index in [9.17, 15) is 9.59 Å². The van der Waals surface area contributed by atoms with Crippen molar-refractivity contribution in [3.8, 4) is 23.0 Å². The second-order valence-corrected chi connectivity index (χ2v) is 12.3. The van der Waals surface area contributed by atoms with Crippen molar-refractivity contribution >= 4 is 28.4 Å². The number of hydrogen-bond donors (Lipinski definition) is 3. The Balaban J connectivity index is 1.94. The van der Waals surface area contributed by atoms with Crippen LogP contribution >= 0.6 is 0 Å². The number of aromatic nitrogens is 2. The molecule has 0 aliphatic rings. The number of para-hydroxylation sites is 1. The van der Waals surface area contributed by atoms with Crippen molar-refractivity contribution in [1.29, 1.82) is 0 Å². The lowest BCUT2D eigenvalue weighted by molar-refractivity contribution is 0.256. The van der Waals surface area contributed by atoms with Gasteiger partial charge in [-0.3, -0.25) is 9.69 Å². The fourth-order valence-corrected chi connectivity index (χ4v) is 5.54. The lowest BCUT2D eigenvalue weighted by Gasteiger charge is -2.28. The minimum atomic E-state index is -0.572. The molecule has 2 amide bonds. The van der Waals surface area contributed by atoms with Crippen LogP contribution in [0.4, 0.5) is 16.2 Å². The van der Waals surface area contributed by atoms with E-state index in [0.29, 0.717) is 17.8 Å². The summed E-state index contributed by atoms with van der Waals surface area (Å²) >= 11 is 0. The molecule has 4 rings (SSSR count). The van der Waals surface area contributed by atoms with Crippen LogP contribution in [0.3, 0.4) is 0 Å². The first-order chi connectivity index (χ1) is 21.5. The molecule has 0 aliphatic heterocycles. The van der Waals surface area contributed by atoms with Gasteiger partial charge in [0.05, 0.1) is 5.54 Å². The average molecular weight is 606 g/mol. The highest BCUT2D eigenvalue weighted by molar-refractivity contribution is 6.09. The molecule has 0 saturated heterocycles. The number of aromatic amines is 1. The number of amides is 2. The molecule has 45 heavy (non-hydrogen) atoms. The first-order valence-corrected chi connectivity index (χ1v) is 16.2. The summed E-state index contributed by atoms with van der Waals surface area (Å²) in [5.74, 6) is 6.91. The molecular formula is C38H47N5O2. The molecule has 2 aromatic heterocycles. The number of fused-ring (bicyclic) bond motifs is 1. The first-order valence-electron chi connectivity index (χ1n) is 16.2. The molecule has 7 nitrogen and oxygen atoms in total. The average Bonchev–Trinajstić information content (AvgIpc) is 3.03. The Bertz CT molecular complexity index is 1750. The Morgan fingerprint density at radius 1 is 1.00 bits per heavy atom. The number of nitrogens with two attached hydrogens (primary N) is 1. The highest BCUT2D eigenvalue weighted by Gasteiger charge is 2.27. The van der Waals surface area contributed by atoms with E-state index in [1.807, 2.05) is 56.3 Å². The van der Waals surface area contributed by atoms with Crippen LogP contribution in [0.25, 0.3) is 22.2 Å². The summed E-state index contributed by atoms with van der Waals surface area (Å²) in [6, 6.07) is 17.4. The number of urea groups is 1. The minimum Gasteiger partial charge on any atom is -0.315 e. The molecule has 0 saturated carbocycles. The molecule has 0 spiro atoms. The van der Waals surface area contributed by atoms with Crippen LogP contribution in [0, 0.1) is 11.8 Å². The second-order valence-electron chi connectivity index (χ2n) is 12.3. The maximum atomic E-state index is 14.4. The molecule has 0 fully saturated rings. The topological polar surface area (TPSA) is 104 Å². The molecule has 0 unspecified atom stereocenters. The maximum Gasteiger partial charge on any atom is 0.326 e. The summed E-state index contributed by atoms with van der Waals surface area (Å²) in [7, 11) is 0. The van der Waals surface area contributed by atoms with Gasteiger partial charge in [-0.25, -0.2) is 9.78 Å². The van der Waals surface area contributed by atoms with Crippen molar-refractivity contribution in [2.45, 2.75) is 91.5 Å². The third-order valence-electron chi connectivity index (χ3n) is 8.48. The van der Waals surface area contributed by atoms with E-state index in [-0.39, 0.29) is 29.1 Å². The largest absolute Gasteiger partial charge is 0.326 e. The van der Waals surface area contributed by atoms with Crippen molar-refractivity contribution in [2.75, 3.05) is 16.8 Å². The Kier molecular flexibility index (Phi) is 10.8. The van der Waals surface area contributed by atoms with Crippen molar-refractivity contribution in [2.24, 2.45) is 5.73 Å². The van der Waals surface area contributed by atoms with E-state index < -0.39 is 5.54 Å². The van der Waals surface area contributed by atoms with Crippen LogP contribution in [0.15, 0.2) is 65.6 Å². The molecule has 236 valence electrons. The number of carbonyl (C=O) groups excluding carboxylic acids is 1. The third-order valence-corrected chi connectivity index (χ3v) is 8.48. The Morgan fingerprint density at radius 3 is 2.29 bits per heavy atom. The van der Waals surface area contributed by atoms with Gasteiger partial charge in [-0.2, -0.15) is 0 Å². The van der Waals surface area contributed by atoms with E-state index in [1.165, 1.54) is 0 Å². The highest BCUT2D eigenvalue weighted by Crippen LogP contribution is 2.36. The number of carbonyl (C=O) groups is 1. The van der Waals surface area contributed by atoms with Crippen molar-refractivity contribution in [3.05, 3.63) is 87.8 Å². The highest BCUT2D eigenvalue weighted by atomic mass is 16.2. The van der Waals surface area contributed by atoms with Crippen LogP contribution in [0.5, 0.6) is 0 Å². The number of nitrogens with one attached hydrogen (secondary N) is 2. The van der Waals surface area contributed by atoms with Gasteiger partial charge in [0.15, 0.2) is 0 Å². The normalized spacial score (nSPS) is 11.5. The summed E-state index contributed by atoms with van der Waals surface area (Å²) in [5.41, 5.74) is 11.4. The van der Waals surface area contributed by atoms with Gasteiger partial charge in [-0.05, 0) is 72.1 Å². The molecule has 0 radical (unpaired) electrons. The molecule has 0 aliphatic carbocycles. The summed E-state index contributed by atoms with van der Waals surface area (Å²) in [4.78, 5) is 37.4.